The van der Waals surface area contributed by atoms with Crippen LogP contribution in [-0.4, -0.2) is 17.8 Å². The maximum Gasteiger partial charge on any atom is 0.262 e. The van der Waals surface area contributed by atoms with Gasteiger partial charge in [0.15, 0.2) is 4.96 Å². The Hall–Kier alpha value is -2.64. The number of thiazole rings is 1. The minimum absolute atomic E-state index is 0.297. The predicted molar refractivity (Wildman–Crippen MR) is 110 cm³/mol. The second-order valence-corrected chi connectivity index (χ2v) is 9.10. The van der Waals surface area contributed by atoms with Gasteiger partial charge in [-0.15, -0.1) is 11.3 Å². The van der Waals surface area contributed by atoms with Crippen molar-refractivity contribution in [2.45, 2.75) is 25.7 Å². The highest BCUT2D eigenvalue weighted by Gasteiger charge is 2.20. The number of anilines is 1. The van der Waals surface area contributed by atoms with E-state index in [1.165, 1.54) is 11.3 Å². The summed E-state index contributed by atoms with van der Waals surface area (Å²) in [5.41, 5.74) is 4.75. The van der Waals surface area contributed by atoms with Crippen LogP contribution in [0, 0.1) is 20.8 Å². The van der Waals surface area contributed by atoms with Crippen LogP contribution in [-0.2, 0) is 10.0 Å². The van der Waals surface area contributed by atoms with Crippen LogP contribution in [0.3, 0.4) is 0 Å². The lowest BCUT2D eigenvalue weighted by Crippen LogP contribution is -2.15. The summed E-state index contributed by atoms with van der Waals surface area (Å²) in [4.78, 5) is 5.76. The number of para-hydroxylation sites is 1. The number of benzene rings is 2. The van der Waals surface area contributed by atoms with E-state index >= 15 is 0 Å². The number of aryl methyl sites for hydroxylation is 3. The maximum atomic E-state index is 13.1. The first-order valence-electron chi connectivity index (χ1n) is 8.47. The van der Waals surface area contributed by atoms with E-state index in [2.05, 4.69) is 9.71 Å². The van der Waals surface area contributed by atoms with E-state index in [1.54, 1.807) is 12.1 Å². The number of rotatable bonds is 4. The molecule has 0 aliphatic rings. The average molecular weight is 398 g/mol. The number of nitrogens with one attached hydrogen (secondary N) is 1. The number of sulfonamides is 1. The minimum Gasteiger partial charge on any atom is -0.297 e. The molecule has 0 saturated heterocycles. The van der Waals surface area contributed by atoms with Gasteiger partial charge in [-0.25, -0.2) is 13.4 Å². The van der Waals surface area contributed by atoms with Crippen molar-refractivity contribution in [1.82, 2.24) is 9.38 Å². The first-order valence-corrected chi connectivity index (χ1v) is 10.8. The molecular formula is C20H19N3O2S2. The number of aromatic nitrogens is 2. The zero-order valence-electron chi connectivity index (χ0n) is 15.2. The molecule has 0 saturated carbocycles. The lowest BCUT2D eigenvalue weighted by atomic mass is 10.1. The van der Waals surface area contributed by atoms with Crippen LogP contribution in [0.25, 0.3) is 16.2 Å². The highest BCUT2D eigenvalue weighted by molar-refractivity contribution is 7.92. The number of fused-ring (bicyclic) bond motifs is 1. The molecule has 0 fully saturated rings. The number of hydrogen-bond donors (Lipinski definition) is 1. The third-order valence-electron chi connectivity index (χ3n) is 4.62. The molecule has 4 rings (SSSR count). The third-order valence-corrected chi connectivity index (χ3v) is 6.90. The van der Waals surface area contributed by atoms with Crippen LogP contribution in [0.5, 0.6) is 0 Å². The van der Waals surface area contributed by atoms with Crippen molar-refractivity contribution in [2.24, 2.45) is 0 Å². The van der Waals surface area contributed by atoms with Crippen LogP contribution in [0.15, 0.2) is 59.1 Å². The second-order valence-electron chi connectivity index (χ2n) is 6.57. The molecule has 138 valence electrons. The van der Waals surface area contributed by atoms with E-state index < -0.39 is 10.0 Å². The fourth-order valence-electron chi connectivity index (χ4n) is 3.08. The third kappa shape index (κ3) is 3.24. The smallest absolute Gasteiger partial charge is 0.262 e. The lowest BCUT2D eigenvalue weighted by molar-refractivity contribution is 0.600. The molecule has 5 nitrogen and oxygen atoms in total. The molecular weight excluding hydrogens is 378 g/mol. The molecule has 7 heteroatoms. The van der Waals surface area contributed by atoms with Gasteiger partial charge in [-0.3, -0.25) is 9.12 Å². The van der Waals surface area contributed by atoms with Crippen molar-refractivity contribution < 1.29 is 8.42 Å². The summed E-state index contributed by atoms with van der Waals surface area (Å²) in [7, 11) is -3.71. The van der Waals surface area contributed by atoms with Gasteiger partial charge in [-0.05, 0) is 49.6 Å². The molecule has 27 heavy (non-hydrogen) atoms. The molecule has 4 aromatic rings. The number of nitrogens with zero attached hydrogens (tertiary/aromatic N) is 2. The Bertz CT molecular complexity index is 1220. The van der Waals surface area contributed by atoms with Crippen LogP contribution < -0.4 is 4.72 Å². The van der Waals surface area contributed by atoms with E-state index in [9.17, 15) is 8.42 Å². The fourth-order valence-corrected chi connectivity index (χ4v) is 5.17. The summed E-state index contributed by atoms with van der Waals surface area (Å²) in [5, 5.41) is 1.96. The Morgan fingerprint density at radius 1 is 1.04 bits per heavy atom. The Balaban J connectivity index is 1.77. The van der Waals surface area contributed by atoms with Crippen LogP contribution in [0.1, 0.15) is 16.7 Å². The molecule has 0 aliphatic carbocycles. The molecule has 1 N–H and O–H groups in total. The van der Waals surface area contributed by atoms with Gasteiger partial charge in [0.1, 0.15) is 0 Å². The highest BCUT2D eigenvalue weighted by atomic mass is 32.2. The first-order chi connectivity index (χ1) is 12.8. The van der Waals surface area contributed by atoms with E-state index in [0.717, 1.165) is 32.9 Å². The summed E-state index contributed by atoms with van der Waals surface area (Å²) in [6, 6.07) is 10.9. The van der Waals surface area contributed by atoms with Gasteiger partial charge in [-0.2, -0.15) is 0 Å². The van der Waals surface area contributed by atoms with Crippen molar-refractivity contribution in [3.8, 4) is 11.3 Å². The molecule has 2 aromatic heterocycles. The zero-order valence-corrected chi connectivity index (χ0v) is 16.9. The van der Waals surface area contributed by atoms with E-state index in [-0.39, 0.29) is 0 Å². The largest absolute Gasteiger partial charge is 0.297 e. The maximum absolute atomic E-state index is 13.1. The van der Waals surface area contributed by atoms with E-state index in [1.807, 2.05) is 67.2 Å². The molecule has 0 atom stereocenters. The topological polar surface area (TPSA) is 63.5 Å². The average Bonchev–Trinajstić information content (AvgIpc) is 3.20. The summed E-state index contributed by atoms with van der Waals surface area (Å²) >= 11 is 1.54. The van der Waals surface area contributed by atoms with Crippen LogP contribution >= 0.6 is 11.3 Å². The Labute approximate surface area is 162 Å². The van der Waals surface area contributed by atoms with E-state index in [0.29, 0.717) is 10.6 Å². The van der Waals surface area contributed by atoms with Gasteiger partial charge in [0.25, 0.3) is 10.0 Å². The molecule has 0 radical (unpaired) electrons. The molecule has 2 aromatic carbocycles. The minimum atomic E-state index is -3.71. The van der Waals surface area contributed by atoms with Gasteiger partial charge in [0.2, 0.25) is 0 Å². The quantitative estimate of drug-likeness (QED) is 0.538. The monoisotopic (exact) mass is 397 g/mol. The Kier molecular flexibility index (Phi) is 4.28. The molecule has 0 unspecified atom stereocenters. The standard InChI is InChI=1S/C20H19N3O2S2/c1-13-10-15(3)19(11-14(13)2)27(24,25)22-17-7-5-4-6-16(17)18-12-23-8-9-26-20(23)21-18/h4-12,22H,1-3H3. The fraction of sp³-hybridized carbons (Fsp3) is 0.150. The zero-order chi connectivity index (χ0) is 19.2. The second kappa shape index (κ2) is 6.51. The number of imidazole rings is 1. The molecule has 0 aliphatic heterocycles. The van der Waals surface area contributed by atoms with Crippen molar-refractivity contribution in [3.05, 3.63) is 70.9 Å². The van der Waals surface area contributed by atoms with Gasteiger partial charge in [0, 0.05) is 23.3 Å². The first kappa shape index (κ1) is 17.8. The summed E-state index contributed by atoms with van der Waals surface area (Å²) in [6.45, 7) is 5.71. The van der Waals surface area contributed by atoms with Gasteiger partial charge >= 0.3 is 0 Å². The van der Waals surface area contributed by atoms with Crippen LogP contribution in [0.2, 0.25) is 0 Å². The summed E-state index contributed by atoms with van der Waals surface area (Å²) in [6.07, 6.45) is 3.84. The Morgan fingerprint density at radius 2 is 1.78 bits per heavy atom. The van der Waals surface area contributed by atoms with Crippen molar-refractivity contribution in [1.29, 1.82) is 0 Å². The SMILES string of the molecule is Cc1cc(C)c(S(=O)(=O)Nc2ccccc2-c2cn3ccsc3n2)cc1C. The molecule has 2 heterocycles. The summed E-state index contributed by atoms with van der Waals surface area (Å²) < 4.78 is 30.8. The van der Waals surface area contributed by atoms with Gasteiger partial charge in [0.05, 0.1) is 16.3 Å². The predicted octanol–water partition coefficient (Wildman–Crippen LogP) is 4.79. The van der Waals surface area contributed by atoms with Crippen LogP contribution in [0.4, 0.5) is 5.69 Å². The van der Waals surface area contributed by atoms with Crippen molar-refractivity contribution >= 4 is 32.0 Å². The molecule has 0 bridgehead atoms. The Morgan fingerprint density at radius 3 is 2.56 bits per heavy atom. The molecule has 0 spiro atoms. The lowest BCUT2D eigenvalue weighted by Gasteiger charge is -2.14. The van der Waals surface area contributed by atoms with E-state index in [4.69, 9.17) is 0 Å². The number of hydrogen-bond acceptors (Lipinski definition) is 4. The molecule has 0 amide bonds. The van der Waals surface area contributed by atoms with Gasteiger partial charge in [-0.1, -0.05) is 24.3 Å². The van der Waals surface area contributed by atoms with Crippen molar-refractivity contribution in [3.63, 3.8) is 0 Å². The van der Waals surface area contributed by atoms with Gasteiger partial charge < -0.3 is 0 Å². The summed E-state index contributed by atoms with van der Waals surface area (Å²) in [5.74, 6) is 0. The van der Waals surface area contributed by atoms with Crippen molar-refractivity contribution in [2.75, 3.05) is 4.72 Å². The highest BCUT2D eigenvalue weighted by Crippen LogP contribution is 2.31. The normalized spacial score (nSPS) is 11.8.